The number of hydrogen-bond donors (Lipinski definition) is 1. The first-order valence-electron chi connectivity index (χ1n) is 13.5. The van der Waals surface area contributed by atoms with E-state index in [4.69, 9.17) is 4.74 Å². The molecule has 0 radical (unpaired) electrons. The second-order valence-corrected chi connectivity index (χ2v) is 10.4. The van der Waals surface area contributed by atoms with Crippen LogP contribution in [0.5, 0.6) is 0 Å². The van der Waals surface area contributed by atoms with Gasteiger partial charge in [0.1, 0.15) is 16.9 Å². The molecule has 1 saturated heterocycles. The number of methoxy groups -OCH3 is 1. The van der Waals surface area contributed by atoms with Crippen molar-refractivity contribution in [2.75, 3.05) is 56.6 Å². The molecule has 3 aromatic rings. The fourth-order valence-electron chi connectivity index (χ4n) is 5.29. The number of esters is 1. The van der Waals surface area contributed by atoms with E-state index in [2.05, 4.69) is 10.2 Å². The Bertz CT molecular complexity index is 1580. The average molecular weight is 592 g/mol. The van der Waals surface area contributed by atoms with Crippen LogP contribution in [-0.4, -0.2) is 66.7 Å². The highest BCUT2D eigenvalue weighted by Crippen LogP contribution is 2.39. The number of benzene rings is 2. The van der Waals surface area contributed by atoms with Gasteiger partial charge in [0.15, 0.2) is 0 Å². The Hall–Kier alpha value is -4.20. The minimum Gasteiger partial charge on any atom is -0.465 e. The maximum Gasteiger partial charge on any atom is 0.423 e. The number of alkyl halides is 3. The van der Waals surface area contributed by atoms with Gasteiger partial charge in [0.25, 0.3) is 5.69 Å². The molecule has 1 N–H and O–H groups in total. The summed E-state index contributed by atoms with van der Waals surface area (Å²) in [5.74, 6) is -1.31. The minimum atomic E-state index is -4.84. The van der Waals surface area contributed by atoms with Crippen molar-refractivity contribution in [3.63, 3.8) is 0 Å². The van der Waals surface area contributed by atoms with Crippen molar-refractivity contribution in [1.82, 2.24) is 9.47 Å². The number of anilines is 2. The molecule has 5 rings (SSSR count). The number of aromatic nitrogens is 1. The molecular formula is C28H29F4N5O5. The van der Waals surface area contributed by atoms with Crippen LogP contribution in [0.2, 0.25) is 0 Å². The molecule has 2 aromatic carbocycles. The summed E-state index contributed by atoms with van der Waals surface area (Å²) in [6.45, 7) is 3.33. The van der Waals surface area contributed by atoms with Crippen molar-refractivity contribution in [1.29, 1.82) is 0 Å². The number of nitrogens with zero attached hydrogens (tertiary/aromatic N) is 4. The number of rotatable bonds is 9. The predicted octanol–water partition coefficient (Wildman–Crippen LogP) is 4.81. The van der Waals surface area contributed by atoms with Crippen LogP contribution in [0.25, 0.3) is 10.9 Å². The van der Waals surface area contributed by atoms with Crippen LogP contribution < -0.4 is 15.6 Å². The highest BCUT2D eigenvalue weighted by atomic mass is 19.4. The first-order valence-corrected chi connectivity index (χ1v) is 13.5. The Labute approximate surface area is 237 Å². The molecule has 0 atom stereocenters. The second kappa shape index (κ2) is 11.6. The Kier molecular flexibility index (Phi) is 8.08. The van der Waals surface area contributed by atoms with Gasteiger partial charge in [-0.3, -0.25) is 19.8 Å². The number of halogens is 4. The van der Waals surface area contributed by atoms with Crippen LogP contribution in [0.4, 0.5) is 34.6 Å². The van der Waals surface area contributed by atoms with Crippen LogP contribution in [0.15, 0.2) is 41.3 Å². The summed E-state index contributed by atoms with van der Waals surface area (Å²) >= 11 is 0. The molecule has 0 spiro atoms. The van der Waals surface area contributed by atoms with Crippen molar-refractivity contribution in [2.45, 2.75) is 31.5 Å². The van der Waals surface area contributed by atoms with Gasteiger partial charge in [-0.1, -0.05) is 0 Å². The van der Waals surface area contributed by atoms with Gasteiger partial charge in [0.2, 0.25) is 5.43 Å². The SMILES string of the molecule is COC(=O)c1cn(C2CC2)c2cc(N3CCN(CCCNc4ccc([N+](=O)[O-])c(C(F)(F)F)c4)CC3)c(F)cc2c1=O. The van der Waals surface area contributed by atoms with Gasteiger partial charge < -0.3 is 19.5 Å². The van der Waals surface area contributed by atoms with E-state index in [9.17, 15) is 32.9 Å². The third kappa shape index (κ3) is 6.03. The van der Waals surface area contributed by atoms with Crippen LogP contribution in [-0.2, 0) is 10.9 Å². The van der Waals surface area contributed by atoms with Crippen molar-refractivity contribution in [3.05, 3.63) is 73.8 Å². The van der Waals surface area contributed by atoms with Crippen LogP contribution >= 0.6 is 0 Å². The monoisotopic (exact) mass is 591 g/mol. The first-order chi connectivity index (χ1) is 20.0. The fraction of sp³-hybridized carbons (Fsp3) is 0.429. The number of ether oxygens (including phenoxy) is 1. The van der Waals surface area contributed by atoms with Gasteiger partial charge in [-0.15, -0.1) is 0 Å². The van der Waals surface area contributed by atoms with Crippen LogP contribution in [0.3, 0.4) is 0 Å². The predicted molar refractivity (Wildman–Crippen MR) is 148 cm³/mol. The Morgan fingerprint density at radius 3 is 2.48 bits per heavy atom. The molecule has 0 amide bonds. The highest BCUT2D eigenvalue weighted by molar-refractivity contribution is 5.94. The van der Waals surface area contributed by atoms with E-state index in [1.807, 2.05) is 9.47 Å². The molecule has 42 heavy (non-hydrogen) atoms. The summed E-state index contributed by atoms with van der Waals surface area (Å²) in [6.07, 6.45) is -0.938. The van der Waals surface area contributed by atoms with Crippen molar-refractivity contribution in [3.8, 4) is 0 Å². The zero-order valence-electron chi connectivity index (χ0n) is 22.7. The maximum atomic E-state index is 15.3. The first kappa shape index (κ1) is 29.3. The zero-order chi connectivity index (χ0) is 30.2. The Balaban J connectivity index is 1.20. The number of piperazine rings is 1. The summed E-state index contributed by atoms with van der Waals surface area (Å²) in [7, 11) is 1.19. The molecular weight excluding hydrogens is 562 g/mol. The fourth-order valence-corrected chi connectivity index (χ4v) is 5.29. The summed E-state index contributed by atoms with van der Waals surface area (Å²) in [4.78, 5) is 39.0. The van der Waals surface area contributed by atoms with Gasteiger partial charge >= 0.3 is 12.1 Å². The standard InChI is InChI=1S/C28H29F4N5O5/c1-42-27(39)20-16-36(18-4-5-18)24-15-25(22(29)14-19(24)26(20)38)35-11-9-34(10-12-35)8-2-7-33-17-3-6-23(37(40)41)21(13-17)28(30,31)32/h3,6,13-16,18,33H,2,4-5,7-12H2,1H3. The molecule has 1 aliphatic heterocycles. The molecule has 1 saturated carbocycles. The number of carbonyl (C=O) groups is 1. The average Bonchev–Trinajstić information content (AvgIpc) is 3.80. The number of hydrogen-bond acceptors (Lipinski definition) is 8. The number of carbonyl (C=O) groups excluding carboxylic acids is 1. The van der Waals surface area contributed by atoms with Gasteiger partial charge in [-0.2, -0.15) is 13.2 Å². The van der Waals surface area contributed by atoms with E-state index < -0.39 is 39.6 Å². The quantitative estimate of drug-likeness (QED) is 0.124. The Morgan fingerprint density at radius 1 is 1.14 bits per heavy atom. The van der Waals surface area contributed by atoms with E-state index >= 15 is 4.39 Å². The smallest absolute Gasteiger partial charge is 0.423 e. The lowest BCUT2D eigenvalue weighted by Crippen LogP contribution is -2.47. The van der Waals surface area contributed by atoms with Gasteiger partial charge in [-0.25, -0.2) is 9.18 Å². The molecule has 1 aromatic heterocycles. The molecule has 2 aliphatic rings. The molecule has 224 valence electrons. The third-order valence-corrected chi connectivity index (χ3v) is 7.64. The molecule has 2 heterocycles. The van der Waals surface area contributed by atoms with Gasteiger partial charge in [0, 0.05) is 62.1 Å². The van der Waals surface area contributed by atoms with E-state index in [-0.39, 0.29) is 22.7 Å². The van der Waals surface area contributed by atoms with Crippen molar-refractivity contribution in [2.24, 2.45) is 0 Å². The summed E-state index contributed by atoms with van der Waals surface area (Å²) < 4.78 is 61.5. The molecule has 14 heteroatoms. The molecule has 0 bridgehead atoms. The molecule has 1 aliphatic carbocycles. The topological polar surface area (TPSA) is 110 Å². The third-order valence-electron chi connectivity index (χ3n) is 7.64. The second-order valence-electron chi connectivity index (χ2n) is 10.4. The van der Waals surface area contributed by atoms with Crippen LogP contribution in [0.1, 0.15) is 41.2 Å². The lowest BCUT2D eigenvalue weighted by molar-refractivity contribution is -0.388. The van der Waals surface area contributed by atoms with E-state index in [0.717, 1.165) is 25.0 Å². The number of nitrogens with one attached hydrogen (secondary N) is 1. The van der Waals surface area contributed by atoms with Crippen molar-refractivity contribution >= 4 is 33.9 Å². The lowest BCUT2D eigenvalue weighted by Gasteiger charge is -2.36. The summed E-state index contributed by atoms with van der Waals surface area (Å²) in [5, 5.41) is 14.0. The lowest BCUT2D eigenvalue weighted by atomic mass is 10.1. The van der Waals surface area contributed by atoms with Crippen LogP contribution in [0, 0.1) is 15.9 Å². The Morgan fingerprint density at radius 2 is 1.86 bits per heavy atom. The normalized spacial score (nSPS) is 16.1. The summed E-state index contributed by atoms with van der Waals surface area (Å²) in [6, 6.07) is 5.84. The summed E-state index contributed by atoms with van der Waals surface area (Å²) in [5.41, 5.74) is -1.89. The van der Waals surface area contributed by atoms with E-state index in [0.29, 0.717) is 56.9 Å². The number of pyridine rings is 1. The van der Waals surface area contributed by atoms with Crippen molar-refractivity contribution < 1.29 is 32.0 Å². The van der Waals surface area contributed by atoms with E-state index in [1.165, 1.54) is 25.4 Å². The van der Waals surface area contributed by atoms with E-state index in [1.54, 1.807) is 6.07 Å². The number of nitro benzene ring substituents is 1. The minimum absolute atomic E-state index is 0.124. The highest BCUT2D eigenvalue weighted by Gasteiger charge is 2.38. The van der Waals surface area contributed by atoms with Gasteiger partial charge in [0.05, 0.1) is 23.2 Å². The largest absolute Gasteiger partial charge is 0.465 e. The molecule has 10 nitrogen and oxygen atoms in total. The maximum absolute atomic E-state index is 15.3. The molecule has 0 unspecified atom stereocenters. The zero-order valence-corrected chi connectivity index (χ0v) is 22.7. The number of fused-ring (bicyclic) bond motifs is 1. The number of nitro groups is 1. The van der Waals surface area contributed by atoms with Gasteiger partial charge in [-0.05, 0) is 50.1 Å². The molecule has 2 fully saturated rings.